The fourth-order valence-corrected chi connectivity index (χ4v) is 1.82. The fraction of sp³-hybridized carbons (Fsp3) is 0.188. The third kappa shape index (κ3) is 3.58. The maximum atomic E-state index is 12.1. The van der Waals surface area contributed by atoms with Gasteiger partial charge in [-0.15, -0.1) is 0 Å². The number of aryl methyl sites for hydroxylation is 1. The van der Waals surface area contributed by atoms with E-state index in [-0.39, 0.29) is 5.91 Å². The zero-order valence-electron chi connectivity index (χ0n) is 11.1. The van der Waals surface area contributed by atoms with Gasteiger partial charge in [0.1, 0.15) is 5.75 Å². The number of hydrogen-bond acceptors (Lipinski definition) is 2. The summed E-state index contributed by atoms with van der Waals surface area (Å²) in [5, 5.41) is 2.87. The smallest absolute Gasteiger partial charge is 0.255 e. The summed E-state index contributed by atoms with van der Waals surface area (Å²) in [5.41, 5.74) is 2.50. The highest BCUT2D eigenvalue weighted by atomic mass is 16.5. The lowest BCUT2D eigenvalue weighted by Crippen LogP contribution is -2.12. The Hall–Kier alpha value is -2.29. The summed E-state index contributed by atoms with van der Waals surface area (Å²) in [6.45, 7) is 4.49. The Balaban J connectivity index is 2.13. The molecule has 3 nitrogen and oxygen atoms in total. The first-order valence-electron chi connectivity index (χ1n) is 6.30. The quantitative estimate of drug-likeness (QED) is 0.905. The lowest BCUT2D eigenvalue weighted by molar-refractivity contribution is 0.102. The van der Waals surface area contributed by atoms with E-state index in [1.165, 1.54) is 0 Å². The van der Waals surface area contributed by atoms with Crippen LogP contribution in [0.2, 0.25) is 0 Å². The molecular formula is C16H17NO2. The van der Waals surface area contributed by atoms with Crippen molar-refractivity contribution in [3.8, 4) is 5.75 Å². The number of carbonyl (C=O) groups is 1. The van der Waals surface area contributed by atoms with Crippen LogP contribution in [-0.2, 0) is 0 Å². The second-order valence-corrected chi connectivity index (χ2v) is 4.28. The van der Waals surface area contributed by atoms with Crippen LogP contribution in [0.1, 0.15) is 22.8 Å². The minimum atomic E-state index is -0.132. The van der Waals surface area contributed by atoms with Crippen molar-refractivity contribution in [1.82, 2.24) is 0 Å². The number of anilines is 1. The van der Waals surface area contributed by atoms with Crippen molar-refractivity contribution >= 4 is 11.6 Å². The molecule has 19 heavy (non-hydrogen) atoms. The predicted molar refractivity (Wildman–Crippen MR) is 76.7 cm³/mol. The molecule has 3 heteroatoms. The monoisotopic (exact) mass is 255 g/mol. The summed E-state index contributed by atoms with van der Waals surface area (Å²) in [6, 6.07) is 14.9. The highest BCUT2D eigenvalue weighted by Gasteiger charge is 2.07. The van der Waals surface area contributed by atoms with Crippen molar-refractivity contribution in [2.75, 3.05) is 11.9 Å². The van der Waals surface area contributed by atoms with Crippen LogP contribution in [0.15, 0.2) is 48.5 Å². The minimum Gasteiger partial charge on any atom is -0.494 e. The van der Waals surface area contributed by atoms with E-state index in [0.29, 0.717) is 17.9 Å². The SMILES string of the molecule is CCOc1cccc(C(=O)Nc2cccc(C)c2)c1. The average Bonchev–Trinajstić information content (AvgIpc) is 2.39. The van der Waals surface area contributed by atoms with Crippen LogP contribution < -0.4 is 10.1 Å². The Labute approximate surface area is 113 Å². The highest BCUT2D eigenvalue weighted by Crippen LogP contribution is 2.16. The molecule has 0 saturated carbocycles. The van der Waals surface area contributed by atoms with E-state index in [1.807, 2.05) is 50.2 Å². The Kier molecular flexibility index (Phi) is 4.18. The van der Waals surface area contributed by atoms with Crippen molar-refractivity contribution in [1.29, 1.82) is 0 Å². The molecule has 0 unspecified atom stereocenters. The molecule has 1 N–H and O–H groups in total. The Bertz CT molecular complexity index is 578. The number of benzene rings is 2. The van der Waals surface area contributed by atoms with Crippen LogP contribution in [-0.4, -0.2) is 12.5 Å². The summed E-state index contributed by atoms with van der Waals surface area (Å²) >= 11 is 0. The Morgan fingerprint density at radius 3 is 2.68 bits per heavy atom. The molecule has 2 aromatic carbocycles. The minimum absolute atomic E-state index is 0.132. The van der Waals surface area contributed by atoms with Gasteiger partial charge in [-0.25, -0.2) is 0 Å². The third-order valence-electron chi connectivity index (χ3n) is 2.68. The van der Waals surface area contributed by atoms with Gasteiger partial charge in [-0.2, -0.15) is 0 Å². The van der Waals surface area contributed by atoms with Crippen LogP contribution in [0.25, 0.3) is 0 Å². The first kappa shape index (κ1) is 13.1. The number of hydrogen-bond donors (Lipinski definition) is 1. The molecule has 0 radical (unpaired) electrons. The molecular weight excluding hydrogens is 238 g/mol. The van der Waals surface area contributed by atoms with Crippen LogP contribution in [0, 0.1) is 6.92 Å². The molecule has 0 spiro atoms. The van der Waals surface area contributed by atoms with Crippen molar-refractivity contribution in [2.24, 2.45) is 0 Å². The Morgan fingerprint density at radius 1 is 1.16 bits per heavy atom. The van der Waals surface area contributed by atoms with Gasteiger partial charge in [-0.3, -0.25) is 4.79 Å². The molecule has 0 aliphatic carbocycles. The number of amides is 1. The Morgan fingerprint density at radius 2 is 1.95 bits per heavy atom. The summed E-state index contributed by atoms with van der Waals surface area (Å²) in [6.07, 6.45) is 0. The highest BCUT2D eigenvalue weighted by molar-refractivity contribution is 6.04. The van der Waals surface area contributed by atoms with Crippen molar-refractivity contribution in [3.63, 3.8) is 0 Å². The van der Waals surface area contributed by atoms with E-state index in [2.05, 4.69) is 5.32 Å². The maximum Gasteiger partial charge on any atom is 0.255 e. The van der Waals surface area contributed by atoms with Crippen LogP contribution >= 0.6 is 0 Å². The van der Waals surface area contributed by atoms with Gasteiger partial charge in [-0.1, -0.05) is 18.2 Å². The van der Waals surface area contributed by atoms with Gasteiger partial charge in [-0.05, 0) is 49.7 Å². The molecule has 0 bridgehead atoms. The van der Waals surface area contributed by atoms with E-state index < -0.39 is 0 Å². The number of carbonyl (C=O) groups excluding carboxylic acids is 1. The average molecular weight is 255 g/mol. The zero-order valence-corrected chi connectivity index (χ0v) is 11.1. The number of ether oxygens (including phenoxy) is 1. The standard InChI is InChI=1S/C16H17NO2/c1-3-19-15-9-5-7-13(11-15)16(18)17-14-8-4-6-12(2)10-14/h4-11H,3H2,1-2H3,(H,17,18). The molecule has 2 aromatic rings. The lowest BCUT2D eigenvalue weighted by Gasteiger charge is -2.08. The van der Waals surface area contributed by atoms with Gasteiger partial charge < -0.3 is 10.1 Å². The molecule has 1 amide bonds. The number of nitrogens with one attached hydrogen (secondary N) is 1. The molecule has 0 heterocycles. The van der Waals surface area contributed by atoms with Crippen molar-refractivity contribution < 1.29 is 9.53 Å². The van der Waals surface area contributed by atoms with E-state index >= 15 is 0 Å². The first-order chi connectivity index (χ1) is 9.19. The normalized spacial score (nSPS) is 10.0. The molecule has 0 aromatic heterocycles. The first-order valence-corrected chi connectivity index (χ1v) is 6.30. The van der Waals surface area contributed by atoms with Crippen molar-refractivity contribution in [3.05, 3.63) is 59.7 Å². The van der Waals surface area contributed by atoms with Gasteiger partial charge in [0.05, 0.1) is 6.61 Å². The van der Waals surface area contributed by atoms with E-state index in [0.717, 1.165) is 11.3 Å². The predicted octanol–water partition coefficient (Wildman–Crippen LogP) is 3.65. The third-order valence-corrected chi connectivity index (χ3v) is 2.68. The van der Waals surface area contributed by atoms with Crippen LogP contribution in [0.4, 0.5) is 5.69 Å². The second kappa shape index (κ2) is 6.05. The summed E-state index contributed by atoms with van der Waals surface area (Å²) in [5.74, 6) is 0.576. The molecule has 0 atom stereocenters. The molecule has 0 saturated heterocycles. The molecule has 0 fully saturated rings. The second-order valence-electron chi connectivity index (χ2n) is 4.28. The zero-order chi connectivity index (χ0) is 13.7. The largest absolute Gasteiger partial charge is 0.494 e. The van der Waals surface area contributed by atoms with Gasteiger partial charge in [0.25, 0.3) is 5.91 Å². The summed E-state index contributed by atoms with van der Waals surface area (Å²) in [7, 11) is 0. The van der Waals surface area contributed by atoms with Crippen molar-refractivity contribution in [2.45, 2.75) is 13.8 Å². The lowest BCUT2D eigenvalue weighted by atomic mass is 10.2. The van der Waals surface area contributed by atoms with E-state index in [1.54, 1.807) is 12.1 Å². The van der Waals surface area contributed by atoms with E-state index in [9.17, 15) is 4.79 Å². The van der Waals surface area contributed by atoms with Crippen LogP contribution in [0.5, 0.6) is 5.75 Å². The van der Waals surface area contributed by atoms with Gasteiger partial charge in [0.2, 0.25) is 0 Å². The van der Waals surface area contributed by atoms with Gasteiger partial charge in [0, 0.05) is 11.3 Å². The van der Waals surface area contributed by atoms with Gasteiger partial charge in [0.15, 0.2) is 0 Å². The molecule has 0 aliphatic rings. The van der Waals surface area contributed by atoms with Gasteiger partial charge >= 0.3 is 0 Å². The van der Waals surface area contributed by atoms with Crippen LogP contribution in [0.3, 0.4) is 0 Å². The summed E-state index contributed by atoms with van der Waals surface area (Å²) in [4.78, 5) is 12.1. The number of rotatable bonds is 4. The van der Waals surface area contributed by atoms with E-state index in [4.69, 9.17) is 4.74 Å². The molecule has 98 valence electrons. The topological polar surface area (TPSA) is 38.3 Å². The molecule has 0 aliphatic heterocycles. The fourth-order valence-electron chi connectivity index (χ4n) is 1.82. The summed E-state index contributed by atoms with van der Waals surface area (Å²) < 4.78 is 5.39. The molecule has 2 rings (SSSR count). The maximum absolute atomic E-state index is 12.1.